The van der Waals surface area contributed by atoms with Crippen LogP contribution in [0.1, 0.15) is 22.3 Å². The number of hydrogen-bond donors (Lipinski definition) is 1. The number of carbonyl (C=O) groups is 2. The summed E-state index contributed by atoms with van der Waals surface area (Å²) < 4.78 is 0. The Hall–Kier alpha value is -2.96. The monoisotopic (exact) mass is 353 g/mol. The van der Waals surface area contributed by atoms with Gasteiger partial charge in [0.25, 0.3) is 5.91 Å². The number of benzene rings is 1. The summed E-state index contributed by atoms with van der Waals surface area (Å²) in [7, 11) is 0. The molecule has 1 aliphatic heterocycles. The summed E-state index contributed by atoms with van der Waals surface area (Å²) in [5.74, 6) is 0.621. The minimum atomic E-state index is -0.137. The Kier molecular flexibility index (Phi) is 5.78. The summed E-state index contributed by atoms with van der Waals surface area (Å²) in [6.07, 6.45) is 3.74. The summed E-state index contributed by atoms with van der Waals surface area (Å²) in [5, 5.41) is 2.83. The van der Waals surface area contributed by atoms with Crippen molar-refractivity contribution in [3.05, 3.63) is 53.9 Å². The van der Waals surface area contributed by atoms with Gasteiger partial charge in [-0.05, 0) is 24.6 Å². The molecule has 0 radical (unpaired) electrons. The van der Waals surface area contributed by atoms with E-state index in [1.807, 2.05) is 30.0 Å². The van der Waals surface area contributed by atoms with Crippen LogP contribution in [0.4, 0.5) is 5.95 Å². The summed E-state index contributed by atoms with van der Waals surface area (Å²) in [6.45, 7) is 4.95. The molecule has 1 aromatic carbocycles. The van der Waals surface area contributed by atoms with E-state index in [4.69, 9.17) is 0 Å². The number of hydrogen-bond acceptors (Lipinski definition) is 5. The average molecular weight is 353 g/mol. The fourth-order valence-electron chi connectivity index (χ4n) is 2.97. The topological polar surface area (TPSA) is 78.4 Å². The van der Waals surface area contributed by atoms with Crippen LogP contribution in [0.25, 0.3) is 0 Å². The number of carbonyl (C=O) groups excluding carboxylic acids is 2. The molecule has 0 aliphatic carbocycles. The van der Waals surface area contributed by atoms with Crippen molar-refractivity contribution in [3.63, 3.8) is 0 Å². The molecule has 1 aromatic heterocycles. The van der Waals surface area contributed by atoms with E-state index in [1.165, 1.54) is 0 Å². The van der Waals surface area contributed by atoms with E-state index in [0.29, 0.717) is 50.7 Å². The SMILES string of the molecule is Cc1ccccc1C(=O)NCCC(=O)N1CCN(c2ncccn2)CC1. The molecule has 0 atom stereocenters. The van der Waals surface area contributed by atoms with Gasteiger partial charge in [-0.1, -0.05) is 18.2 Å². The molecule has 2 amide bonds. The fraction of sp³-hybridized carbons (Fsp3) is 0.368. The third-order valence-electron chi connectivity index (χ3n) is 4.48. The van der Waals surface area contributed by atoms with Crippen molar-refractivity contribution in [2.45, 2.75) is 13.3 Å². The number of anilines is 1. The molecule has 0 unspecified atom stereocenters. The van der Waals surface area contributed by atoms with Crippen LogP contribution in [0.5, 0.6) is 0 Å². The quantitative estimate of drug-likeness (QED) is 0.875. The van der Waals surface area contributed by atoms with Crippen LogP contribution in [-0.2, 0) is 4.79 Å². The Labute approximate surface area is 153 Å². The lowest BCUT2D eigenvalue weighted by Crippen LogP contribution is -2.49. The smallest absolute Gasteiger partial charge is 0.251 e. The molecule has 0 spiro atoms. The molecule has 1 N–H and O–H groups in total. The summed E-state index contributed by atoms with van der Waals surface area (Å²) >= 11 is 0. The van der Waals surface area contributed by atoms with Gasteiger partial charge in [-0.25, -0.2) is 9.97 Å². The number of aromatic nitrogens is 2. The zero-order valence-corrected chi connectivity index (χ0v) is 14.9. The molecule has 26 heavy (non-hydrogen) atoms. The van der Waals surface area contributed by atoms with Gasteiger partial charge in [0, 0.05) is 57.1 Å². The van der Waals surface area contributed by atoms with Crippen LogP contribution < -0.4 is 10.2 Å². The van der Waals surface area contributed by atoms with Gasteiger partial charge in [-0.2, -0.15) is 0 Å². The van der Waals surface area contributed by atoms with Crippen molar-refractivity contribution in [3.8, 4) is 0 Å². The Morgan fingerprint density at radius 1 is 1.04 bits per heavy atom. The number of rotatable bonds is 5. The first kappa shape index (κ1) is 17.8. The summed E-state index contributed by atoms with van der Waals surface area (Å²) in [5.41, 5.74) is 1.58. The number of nitrogens with zero attached hydrogens (tertiary/aromatic N) is 4. The molecule has 1 fully saturated rings. The lowest BCUT2D eigenvalue weighted by atomic mass is 10.1. The van der Waals surface area contributed by atoms with Crippen molar-refractivity contribution in [1.29, 1.82) is 0 Å². The van der Waals surface area contributed by atoms with E-state index in [1.54, 1.807) is 24.5 Å². The summed E-state index contributed by atoms with van der Waals surface area (Å²) in [6, 6.07) is 9.21. The predicted octanol–water partition coefficient (Wildman–Crippen LogP) is 1.25. The lowest BCUT2D eigenvalue weighted by molar-refractivity contribution is -0.131. The second-order valence-corrected chi connectivity index (χ2v) is 6.24. The van der Waals surface area contributed by atoms with Gasteiger partial charge in [0.15, 0.2) is 0 Å². The van der Waals surface area contributed by atoms with Gasteiger partial charge in [0.05, 0.1) is 0 Å². The second kappa shape index (κ2) is 8.42. The van der Waals surface area contributed by atoms with Crippen LogP contribution in [0.15, 0.2) is 42.7 Å². The van der Waals surface area contributed by atoms with E-state index in [9.17, 15) is 9.59 Å². The third kappa shape index (κ3) is 4.36. The average Bonchev–Trinajstić information content (AvgIpc) is 2.69. The molecule has 7 heteroatoms. The molecular formula is C19H23N5O2. The highest BCUT2D eigenvalue weighted by Crippen LogP contribution is 2.10. The van der Waals surface area contributed by atoms with Crippen LogP contribution in [0, 0.1) is 6.92 Å². The zero-order chi connectivity index (χ0) is 18.4. The molecule has 3 rings (SSSR count). The molecule has 1 aliphatic rings. The number of aryl methyl sites for hydroxylation is 1. The highest BCUT2D eigenvalue weighted by atomic mass is 16.2. The van der Waals surface area contributed by atoms with E-state index in [2.05, 4.69) is 20.2 Å². The Balaban J connectivity index is 1.42. The lowest BCUT2D eigenvalue weighted by Gasteiger charge is -2.34. The normalized spacial score (nSPS) is 14.2. The van der Waals surface area contributed by atoms with Crippen LogP contribution in [0.2, 0.25) is 0 Å². The van der Waals surface area contributed by atoms with E-state index in [0.717, 1.165) is 5.56 Å². The van der Waals surface area contributed by atoms with Crippen molar-refractivity contribution in [1.82, 2.24) is 20.2 Å². The standard InChI is InChI=1S/C19H23N5O2/c1-15-5-2-3-6-16(15)18(26)20-10-7-17(25)23-11-13-24(14-12-23)19-21-8-4-9-22-19/h2-6,8-9H,7,10-14H2,1H3,(H,20,26). The van der Waals surface area contributed by atoms with Crippen LogP contribution in [0.3, 0.4) is 0 Å². The maximum absolute atomic E-state index is 12.4. The molecule has 7 nitrogen and oxygen atoms in total. The van der Waals surface area contributed by atoms with E-state index < -0.39 is 0 Å². The highest BCUT2D eigenvalue weighted by Gasteiger charge is 2.22. The maximum Gasteiger partial charge on any atom is 0.251 e. The first-order chi connectivity index (χ1) is 12.6. The minimum absolute atomic E-state index is 0.0590. The highest BCUT2D eigenvalue weighted by molar-refractivity contribution is 5.95. The molecule has 2 heterocycles. The Morgan fingerprint density at radius 3 is 2.42 bits per heavy atom. The number of piperazine rings is 1. The minimum Gasteiger partial charge on any atom is -0.352 e. The van der Waals surface area contributed by atoms with E-state index >= 15 is 0 Å². The first-order valence-corrected chi connectivity index (χ1v) is 8.79. The van der Waals surface area contributed by atoms with Gasteiger partial charge < -0.3 is 15.1 Å². The molecule has 0 bridgehead atoms. The Bertz CT molecular complexity index is 758. The van der Waals surface area contributed by atoms with Gasteiger partial charge >= 0.3 is 0 Å². The molecule has 1 saturated heterocycles. The Morgan fingerprint density at radius 2 is 1.73 bits per heavy atom. The predicted molar refractivity (Wildman–Crippen MR) is 99.0 cm³/mol. The largest absolute Gasteiger partial charge is 0.352 e. The molecule has 136 valence electrons. The second-order valence-electron chi connectivity index (χ2n) is 6.24. The van der Waals surface area contributed by atoms with Crippen molar-refractivity contribution in [2.24, 2.45) is 0 Å². The van der Waals surface area contributed by atoms with Gasteiger partial charge in [0.1, 0.15) is 0 Å². The number of nitrogens with one attached hydrogen (secondary N) is 1. The van der Waals surface area contributed by atoms with Gasteiger partial charge in [-0.3, -0.25) is 9.59 Å². The van der Waals surface area contributed by atoms with Gasteiger partial charge in [-0.15, -0.1) is 0 Å². The summed E-state index contributed by atoms with van der Waals surface area (Å²) in [4.78, 5) is 36.9. The fourth-order valence-corrected chi connectivity index (χ4v) is 2.97. The van der Waals surface area contributed by atoms with Crippen molar-refractivity contribution < 1.29 is 9.59 Å². The first-order valence-electron chi connectivity index (χ1n) is 8.79. The third-order valence-corrected chi connectivity index (χ3v) is 4.48. The van der Waals surface area contributed by atoms with Gasteiger partial charge in [0.2, 0.25) is 11.9 Å². The van der Waals surface area contributed by atoms with Crippen molar-refractivity contribution >= 4 is 17.8 Å². The zero-order valence-electron chi connectivity index (χ0n) is 14.9. The van der Waals surface area contributed by atoms with E-state index in [-0.39, 0.29) is 11.8 Å². The van der Waals surface area contributed by atoms with Crippen LogP contribution >= 0.6 is 0 Å². The molecule has 0 saturated carbocycles. The van der Waals surface area contributed by atoms with Crippen LogP contribution in [-0.4, -0.2) is 59.4 Å². The molecule has 2 aromatic rings. The van der Waals surface area contributed by atoms with Crippen molar-refractivity contribution in [2.75, 3.05) is 37.6 Å². The number of amides is 2. The maximum atomic E-state index is 12.4. The molecular weight excluding hydrogens is 330 g/mol.